The van der Waals surface area contributed by atoms with E-state index in [9.17, 15) is 0 Å². The van der Waals surface area contributed by atoms with Crippen LogP contribution in [0.1, 0.15) is 23.7 Å². The molecule has 0 unspecified atom stereocenters. The van der Waals surface area contributed by atoms with Crippen molar-refractivity contribution in [1.29, 1.82) is 0 Å². The predicted octanol–water partition coefficient (Wildman–Crippen LogP) is 1.61. The minimum atomic E-state index is 0.570. The van der Waals surface area contributed by atoms with Gasteiger partial charge in [-0.3, -0.25) is 0 Å². The first kappa shape index (κ1) is 11.0. The fourth-order valence-corrected chi connectivity index (χ4v) is 1.50. The average Bonchev–Trinajstić information content (AvgIpc) is 2.16. The van der Waals surface area contributed by atoms with Gasteiger partial charge in [0.2, 0.25) is 0 Å². The molecule has 0 amide bonds. The van der Waals surface area contributed by atoms with Gasteiger partial charge in [-0.2, -0.15) is 0 Å². The van der Waals surface area contributed by atoms with Gasteiger partial charge < -0.3 is 10.6 Å². The third-order valence-corrected chi connectivity index (χ3v) is 2.61. The standard InChI is InChI=1S/C11H19N3/c1-5-14(4)11-6-8(2)10(7-12)9(3)13-11/h6H,5,7,12H2,1-4H3. The highest BCUT2D eigenvalue weighted by Crippen LogP contribution is 2.17. The van der Waals surface area contributed by atoms with E-state index in [1.165, 1.54) is 11.1 Å². The maximum Gasteiger partial charge on any atom is 0.128 e. The summed E-state index contributed by atoms with van der Waals surface area (Å²) in [5, 5.41) is 0. The Labute approximate surface area is 85.9 Å². The van der Waals surface area contributed by atoms with Crippen molar-refractivity contribution < 1.29 is 0 Å². The molecule has 78 valence electrons. The van der Waals surface area contributed by atoms with Crippen LogP contribution in [0.25, 0.3) is 0 Å². The number of pyridine rings is 1. The number of hydrogen-bond donors (Lipinski definition) is 1. The van der Waals surface area contributed by atoms with E-state index in [2.05, 4.69) is 29.8 Å². The zero-order valence-corrected chi connectivity index (χ0v) is 9.46. The zero-order chi connectivity index (χ0) is 10.7. The highest BCUT2D eigenvalue weighted by Gasteiger charge is 2.06. The predicted molar refractivity (Wildman–Crippen MR) is 60.5 cm³/mol. The van der Waals surface area contributed by atoms with Crippen LogP contribution in [0.4, 0.5) is 5.82 Å². The van der Waals surface area contributed by atoms with Crippen LogP contribution in [0.5, 0.6) is 0 Å². The molecule has 14 heavy (non-hydrogen) atoms. The molecule has 0 saturated heterocycles. The van der Waals surface area contributed by atoms with Gasteiger partial charge in [-0.1, -0.05) is 0 Å². The Balaban J connectivity index is 3.13. The fourth-order valence-electron chi connectivity index (χ4n) is 1.50. The van der Waals surface area contributed by atoms with Gasteiger partial charge in [-0.15, -0.1) is 0 Å². The molecule has 0 atom stereocenters. The van der Waals surface area contributed by atoms with Crippen molar-refractivity contribution in [3.8, 4) is 0 Å². The van der Waals surface area contributed by atoms with Gasteiger partial charge in [0.25, 0.3) is 0 Å². The second-order valence-corrected chi connectivity index (χ2v) is 3.58. The summed E-state index contributed by atoms with van der Waals surface area (Å²) in [6.45, 7) is 7.75. The summed E-state index contributed by atoms with van der Waals surface area (Å²) in [7, 11) is 2.04. The highest BCUT2D eigenvalue weighted by atomic mass is 15.2. The molecule has 0 fully saturated rings. The molecule has 1 heterocycles. The summed E-state index contributed by atoms with van der Waals surface area (Å²) in [5.41, 5.74) is 9.10. The first-order valence-corrected chi connectivity index (χ1v) is 4.98. The molecule has 0 saturated carbocycles. The first-order chi connectivity index (χ1) is 6.60. The number of rotatable bonds is 3. The molecule has 0 aliphatic heterocycles. The van der Waals surface area contributed by atoms with Crippen LogP contribution < -0.4 is 10.6 Å². The average molecular weight is 193 g/mol. The third kappa shape index (κ3) is 2.04. The van der Waals surface area contributed by atoms with Crippen LogP contribution in [0.15, 0.2) is 6.07 Å². The van der Waals surface area contributed by atoms with Crippen LogP contribution in [-0.2, 0) is 6.54 Å². The first-order valence-electron chi connectivity index (χ1n) is 4.98. The van der Waals surface area contributed by atoms with E-state index < -0.39 is 0 Å². The SMILES string of the molecule is CCN(C)c1cc(C)c(CN)c(C)n1. The van der Waals surface area contributed by atoms with Crippen molar-refractivity contribution in [2.75, 3.05) is 18.5 Å². The Morgan fingerprint density at radius 1 is 1.43 bits per heavy atom. The number of aromatic nitrogens is 1. The molecule has 0 radical (unpaired) electrons. The van der Waals surface area contributed by atoms with Gasteiger partial charge in [0.15, 0.2) is 0 Å². The quantitative estimate of drug-likeness (QED) is 0.793. The molecule has 1 aromatic heterocycles. The van der Waals surface area contributed by atoms with Gasteiger partial charge in [-0.05, 0) is 38.0 Å². The Morgan fingerprint density at radius 2 is 2.07 bits per heavy atom. The Morgan fingerprint density at radius 3 is 2.50 bits per heavy atom. The molecule has 0 bridgehead atoms. The van der Waals surface area contributed by atoms with Crippen LogP contribution in [0.3, 0.4) is 0 Å². The smallest absolute Gasteiger partial charge is 0.128 e. The van der Waals surface area contributed by atoms with Crippen LogP contribution in [-0.4, -0.2) is 18.6 Å². The van der Waals surface area contributed by atoms with Gasteiger partial charge in [-0.25, -0.2) is 4.98 Å². The maximum atomic E-state index is 5.66. The highest BCUT2D eigenvalue weighted by molar-refractivity contribution is 5.45. The Kier molecular flexibility index (Phi) is 3.47. The van der Waals surface area contributed by atoms with Crippen LogP contribution in [0, 0.1) is 13.8 Å². The summed E-state index contributed by atoms with van der Waals surface area (Å²) in [6.07, 6.45) is 0. The van der Waals surface area contributed by atoms with Crippen molar-refractivity contribution in [1.82, 2.24) is 4.98 Å². The largest absolute Gasteiger partial charge is 0.360 e. The summed E-state index contributed by atoms with van der Waals surface area (Å²) in [6, 6.07) is 2.10. The molecule has 0 spiro atoms. The topological polar surface area (TPSA) is 42.1 Å². The van der Waals surface area contributed by atoms with E-state index in [0.29, 0.717) is 6.54 Å². The molecule has 0 aliphatic rings. The van der Waals surface area contributed by atoms with E-state index in [1.54, 1.807) is 0 Å². The molecule has 1 rings (SSSR count). The van der Waals surface area contributed by atoms with Crippen LogP contribution in [0.2, 0.25) is 0 Å². The lowest BCUT2D eigenvalue weighted by molar-refractivity contribution is 0.909. The van der Waals surface area contributed by atoms with Crippen LogP contribution >= 0.6 is 0 Å². The second-order valence-electron chi connectivity index (χ2n) is 3.58. The second kappa shape index (κ2) is 4.42. The molecule has 2 N–H and O–H groups in total. The number of anilines is 1. The third-order valence-electron chi connectivity index (χ3n) is 2.61. The lowest BCUT2D eigenvalue weighted by atomic mass is 10.1. The van der Waals surface area contributed by atoms with Crippen molar-refractivity contribution in [2.24, 2.45) is 5.73 Å². The number of aryl methyl sites for hydroxylation is 2. The van der Waals surface area contributed by atoms with Gasteiger partial charge in [0, 0.05) is 25.8 Å². The van der Waals surface area contributed by atoms with Gasteiger partial charge in [0.05, 0.1) is 0 Å². The Bertz CT molecular complexity index is 297. The van der Waals surface area contributed by atoms with E-state index in [1.807, 2.05) is 14.0 Å². The van der Waals surface area contributed by atoms with Gasteiger partial charge >= 0.3 is 0 Å². The van der Waals surface area contributed by atoms with Crippen molar-refractivity contribution in [3.63, 3.8) is 0 Å². The van der Waals surface area contributed by atoms with Crippen molar-refractivity contribution >= 4 is 5.82 Å². The minimum absolute atomic E-state index is 0.570. The molecular formula is C11H19N3. The number of nitrogens with zero attached hydrogens (tertiary/aromatic N) is 2. The zero-order valence-electron chi connectivity index (χ0n) is 9.46. The molecule has 3 heteroatoms. The van der Waals surface area contributed by atoms with E-state index in [4.69, 9.17) is 5.73 Å². The van der Waals surface area contributed by atoms with Crippen molar-refractivity contribution in [3.05, 3.63) is 22.9 Å². The monoisotopic (exact) mass is 193 g/mol. The van der Waals surface area contributed by atoms with E-state index in [-0.39, 0.29) is 0 Å². The molecule has 0 aromatic carbocycles. The molecular weight excluding hydrogens is 174 g/mol. The number of hydrogen-bond acceptors (Lipinski definition) is 3. The van der Waals surface area contributed by atoms with Gasteiger partial charge in [0.1, 0.15) is 5.82 Å². The summed E-state index contributed by atoms with van der Waals surface area (Å²) in [5.74, 6) is 1.03. The van der Waals surface area contributed by atoms with Crippen molar-refractivity contribution in [2.45, 2.75) is 27.3 Å². The molecule has 0 aliphatic carbocycles. The lowest BCUT2D eigenvalue weighted by Crippen LogP contribution is -2.18. The maximum absolute atomic E-state index is 5.66. The number of nitrogens with two attached hydrogens (primary N) is 1. The molecule has 1 aromatic rings. The lowest BCUT2D eigenvalue weighted by Gasteiger charge is -2.18. The molecule has 3 nitrogen and oxygen atoms in total. The Hall–Kier alpha value is -1.09. The summed E-state index contributed by atoms with van der Waals surface area (Å²) >= 11 is 0. The normalized spacial score (nSPS) is 10.4. The van der Waals surface area contributed by atoms with E-state index >= 15 is 0 Å². The summed E-state index contributed by atoms with van der Waals surface area (Å²) < 4.78 is 0. The summed E-state index contributed by atoms with van der Waals surface area (Å²) in [4.78, 5) is 6.65. The minimum Gasteiger partial charge on any atom is -0.360 e. The fraction of sp³-hybridized carbons (Fsp3) is 0.545. The van der Waals surface area contributed by atoms with E-state index in [0.717, 1.165) is 18.1 Å².